The van der Waals surface area contributed by atoms with E-state index >= 15 is 0 Å². The molecule has 5 aromatic carbocycles. The standard InChI is InChI=1S/C26H16Cl2/c27-25-15-13-19(21-5-1-3-7-23(21)25)17-9-11-18(12-10-17)20-14-16-26(28)24-8-4-2-6-22(20)24/h1-16H. The smallest absolute Gasteiger partial charge is 0.0484 e. The van der Waals surface area contributed by atoms with Crippen LogP contribution in [0, 0.1) is 0 Å². The SMILES string of the molecule is Clc1ccc(-c2ccc(-c3ccc(Cl)c4ccccc34)cc2)c2ccccc12. The highest BCUT2D eigenvalue weighted by Gasteiger charge is 2.09. The molecule has 0 unspecified atom stereocenters. The molecule has 0 fully saturated rings. The highest BCUT2D eigenvalue weighted by atomic mass is 35.5. The molecule has 5 rings (SSSR count). The van der Waals surface area contributed by atoms with E-state index in [4.69, 9.17) is 23.2 Å². The first-order valence-corrected chi connectivity index (χ1v) is 9.93. The van der Waals surface area contributed by atoms with Crippen LogP contribution < -0.4 is 0 Å². The topological polar surface area (TPSA) is 0 Å². The Labute approximate surface area is 174 Å². The van der Waals surface area contributed by atoms with E-state index in [1.165, 1.54) is 33.0 Å². The van der Waals surface area contributed by atoms with Gasteiger partial charge in [-0.25, -0.2) is 0 Å². The number of benzene rings is 5. The minimum atomic E-state index is 0.781. The molecule has 0 aliphatic rings. The third kappa shape index (κ3) is 2.86. The maximum atomic E-state index is 6.38. The second-order valence-electron chi connectivity index (χ2n) is 6.86. The Morgan fingerprint density at radius 1 is 0.357 bits per heavy atom. The highest BCUT2D eigenvalue weighted by molar-refractivity contribution is 6.36. The molecule has 0 saturated heterocycles. The Bertz CT molecular complexity index is 1210. The van der Waals surface area contributed by atoms with E-state index in [1.807, 2.05) is 24.3 Å². The van der Waals surface area contributed by atoms with E-state index in [2.05, 4.69) is 72.8 Å². The lowest BCUT2D eigenvalue weighted by Gasteiger charge is -2.11. The van der Waals surface area contributed by atoms with Crippen molar-refractivity contribution in [3.63, 3.8) is 0 Å². The van der Waals surface area contributed by atoms with Crippen molar-refractivity contribution < 1.29 is 0 Å². The zero-order valence-corrected chi connectivity index (χ0v) is 16.5. The number of fused-ring (bicyclic) bond motifs is 2. The van der Waals surface area contributed by atoms with Gasteiger partial charge in [-0.3, -0.25) is 0 Å². The van der Waals surface area contributed by atoms with Crippen LogP contribution in [0.1, 0.15) is 0 Å². The van der Waals surface area contributed by atoms with Gasteiger partial charge in [-0.15, -0.1) is 0 Å². The van der Waals surface area contributed by atoms with Gasteiger partial charge in [0, 0.05) is 20.8 Å². The summed E-state index contributed by atoms with van der Waals surface area (Å²) in [6.07, 6.45) is 0. The van der Waals surface area contributed by atoms with Crippen LogP contribution in [0.25, 0.3) is 43.8 Å². The number of halogens is 2. The van der Waals surface area contributed by atoms with Crippen molar-refractivity contribution in [2.45, 2.75) is 0 Å². The van der Waals surface area contributed by atoms with E-state index in [0.717, 1.165) is 20.8 Å². The van der Waals surface area contributed by atoms with E-state index in [1.54, 1.807) is 0 Å². The van der Waals surface area contributed by atoms with Crippen molar-refractivity contribution in [2.75, 3.05) is 0 Å². The Kier molecular flexibility index (Phi) is 4.31. The number of hydrogen-bond donors (Lipinski definition) is 0. The summed E-state index contributed by atoms with van der Waals surface area (Å²) in [6.45, 7) is 0. The van der Waals surface area contributed by atoms with Crippen LogP contribution in [0.2, 0.25) is 10.0 Å². The fraction of sp³-hybridized carbons (Fsp3) is 0. The summed E-state index contributed by atoms with van der Waals surface area (Å²) in [5.41, 5.74) is 4.73. The molecule has 0 spiro atoms. The lowest BCUT2D eigenvalue weighted by Crippen LogP contribution is -1.85. The van der Waals surface area contributed by atoms with Crippen molar-refractivity contribution in [3.05, 3.63) is 107 Å². The summed E-state index contributed by atoms with van der Waals surface area (Å²) in [5.74, 6) is 0. The van der Waals surface area contributed by atoms with Crippen LogP contribution >= 0.6 is 23.2 Å². The van der Waals surface area contributed by atoms with Gasteiger partial charge in [-0.2, -0.15) is 0 Å². The predicted octanol–water partition coefficient (Wildman–Crippen LogP) is 8.63. The molecule has 0 radical (unpaired) electrons. The molecular formula is C26H16Cl2. The van der Waals surface area contributed by atoms with Crippen LogP contribution in [0.5, 0.6) is 0 Å². The molecular weight excluding hydrogens is 383 g/mol. The summed E-state index contributed by atoms with van der Waals surface area (Å²) in [7, 11) is 0. The summed E-state index contributed by atoms with van der Waals surface area (Å²) in [4.78, 5) is 0. The second-order valence-corrected chi connectivity index (χ2v) is 7.67. The first-order valence-electron chi connectivity index (χ1n) is 9.18. The Morgan fingerprint density at radius 2 is 0.714 bits per heavy atom. The first-order chi connectivity index (χ1) is 13.7. The zero-order chi connectivity index (χ0) is 19.1. The fourth-order valence-corrected chi connectivity index (χ4v) is 4.31. The summed E-state index contributed by atoms with van der Waals surface area (Å²) < 4.78 is 0. The van der Waals surface area contributed by atoms with Gasteiger partial charge in [0.2, 0.25) is 0 Å². The van der Waals surface area contributed by atoms with Crippen LogP contribution in [-0.2, 0) is 0 Å². The Hall–Kier alpha value is -2.80. The maximum absolute atomic E-state index is 6.38. The molecule has 0 aromatic heterocycles. The molecule has 0 aliphatic heterocycles. The molecule has 0 amide bonds. The van der Waals surface area contributed by atoms with Gasteiger partial charge in [0.25, 0.3) is 0 Å². The molecule has 5 aromatic rings. The van der Waals surface area contributed by atoms with Crippen molar-refractivity contribution in [1.82, 2.24) is 0 Å². The molecule has 28 heavy (non-hydrogen) atoms. The second kappa shape index (κ2) is 6.98. The van der Waals surface area contributed by atoms with Gasteiger partial charge in [0.15, 0.2) is 0 Å². The molecule has 0 N–H and O–H groups in total. The quantitative estimate of drug-likeness (QED) is 0.279. The largest absolute Gasteiger partial charge is 0.0837 e. The summed E-state index contributed by atoms with van der Waals surface area (Å²) in [5, 5.41) is 6.05. The van der Waals surface area contributed by atoms with Gasteiger partial charge in [-0.1, -0.05) is 108 Å². The average molecular weight is 399 g/mol. The lowest BCUT2D eigenvalue weighted by atomic mass is 9.94. The molecule has 0 nitrogen and oxygen atoms in total. The summed E-state index contributed by atoms with van der Waals surface area (Å²) >= 11 is 12.8. The number of hydrogen-bond acceptors (Lipinski definition) is 0. The maximum Gasteiger partial charge on any atom is 0.0484 e. The minimum absolute atomic E-state index is 0.781. The molecule has 0 aliphatic carbocycles. The van der Waals surface area contributed by atoms with Gasteiger partial charge < -0.3 is 0 Å². The average Bonchev–Trinajstić information content (AvgIpc) is 2.75. The van der Waals surface area contributed by atoms with E-state index in [-0.39, 0.29) is 0 Å². The van der Waals surface area contributed by atoms with Gasteiger partial charge in [-0.05, 0) is 45.2 Å². The van der Waals surface area contributed by atoms with Gasteiger partial charge >= 0.3 is 0 Å². The van der Waals surface area contributed by atoms with E-state index in [9.17, 15) is 0 Å². The van der Waals surface area contributed by atoms with E-state index in [0.29, 0.717) is 0 Å². The highest BCUT2D eigenvalue weighted by Crippen LogP contribution is 2.36. The van der Waals surface area contributed by atoms with Crippen molar-refractivity contribution in [2.24, 2.45) is 0 Å². The van der Waals surface area contributed by atoms with Gasteiger partial charge in [0.05, 0.1) is 0 Å². The van der Waals surface area contributed by atoms with Crippen molar-refractivity contribution >= 4 is 44.7 Å². The minimum Gasteiger partial charge on any atom is -0.0837 e. The molecule has 0 atom stereocenters. The third-order valence-electron chi connectivity index (χ3n) is 5.25. The Balaban J connectivity index is 1.64. The lowest BCUT2D eigenvalue weighted by molar-refractivity contribution is 1.62. The zero-order valence-electron chi connectivity index (χ0n) is 15.0. The summed E-state index contributed by atoms with van der Waals surface area (Å²) in [6, 6.07) is 33.4. The molecule has 2 heteroatoms. The normalized spacial score (nSPS) is 11.2. The fourth-order valence-electron chi connectivity index (χ4n) is 3.86. The van der Waals surface area contributed by atoms with Crippen LogP contribution in [0.15, 0.2) is 97.1 Å². The van der Waals surface area contributed by atoms with Crippen molar-refractivity contribution in [3.8, 4) is 22.3 Å². The molecule has 134 valence electrons. The molecule has 0 bridgehead atoms. The third-order valence-corrected chi connectivity index (χ3v) is 5.91. The monoisotopic (exact) mass is 398 g/mol. The Morgan fingerprint density at radius 3 is 1.11 bits per heavy atom. The predicted molar refractivity (Wildman–Crippen MR) is 122 cm³/mol. The van der Waals surface area contributed by atoms with Crippen LogP contribution in [0.4, 0.5) is 0 Å². The van der Waals surface area contributed by atoms with E-state index < -0.39 is 0 Å². The van der Waals surface area contributed by atoms with Crippen LogP contribution in [0.3, 0.4) is 0 Å². The first kappa shape index (κ1) is 17.3. The van der Waals surface area contributed by atoms with Crippen molar-refractivity contribution in [1.29, 1.82) is 0 Å². The molecule has 0 saturated carbocycles. The molecule has 0 heterocycles. The number of rotatable bonds is 2. The van der Waals surface area contributed by atoms with Crippen LogP contribution in [-0.4, -0.2) is 0 Å². The van der Waals surface area contributed by atoms with Gasteiger partial charge in [0.1, 0.15) is 0 Å².